The molecule has 0 spiro atoms. The first-order valence-electron chi connectivity index (χ1n) is 9.83. The van der Waals surface area contributed by atoms with Crippen molar-refractivity contribution >= 4 is 11.9 Å². The molecule has 3 rings (SSSR count). The highest BCUT2D eigenvalue weighted by Gasteiger charge is 2.47. The van der Waals surface area contributed by atoms with Gasteiger partial charge in [-0.1, -0.05) is 90.5 Å². The van der Waals surface area contributed by atoms with Crippen molar-refractivity contribution in [3.63, 3.8) is 0 Å². The summed E-state index contributed by atoms with van der Waals surface area (Å²) in [5.41, 5.74) is 14.5. The number of benzene rings is 3. The van der Waals surface area contributed by atoms with Crippen LogP contribution in [0.2, 0.25) is 0 Å². The van der Waals surface area contributed by atoms with Crippen LogP contribution in [0.3, 0.4) is 0 Å². The second-order valence-electron chi connectivity index (χ2n) is 7.54. The highest BCUT2D eigenvalue weighted by atomic mass is 16.4. The molecule has 1 amide bonds. The maximum Gasteiger partial charge on any atom is 0.320 e. The normalized spacial score (nSPS) is 13.4. The Hall–Kier alpha value is -3.44. The van der Waals surface area contributed by atoms with Gasteiger partial charge in [-0.05, 0) is 30.0 Å². The number of hydrogen-bond donors (Lipinski definition) is 3. The lowest BCUT2D eigenvalue weighted by Crippen LogP contribution is -2.48. The van der Waals surface area contributed by atoms with Gasteiger partial charge >= 0.3 is 5.97 Å². The molecule has 0 saturated heterocycles. The minimum atomic E-state index is -1.22. The molecule has 0 fully saturated rings. The van der Waals surface area contributed by atoms with Crippen LogP contribution in [0.5, 0.6) is 0 Å². The van der Waals surface area contributed by atoms with Gasteiger partial charge in [-0.2, -0.15) is 0 Å². The third kappa shape index (κ3) is 3.98. The van der Waals surface area contributed by atoms with E-state index in [4.69, 9.17) is 11.5 Å². The zero-order chi connectivity index (χ0) is 21.7. The Labute approximate surface area is 176 Å². The summed E-state index contributed by atoms with van der Waals surface area (Å²) in [5, 5.41) is 9.45. The second kappa shape index (κ2) is 8.93. The van der Waals surface area contributed by atoms with Gasteiger partial charge in [-0.15, -0.1) is 0 Å². The van der Waals surface area contributed by atoms with Crippen LogP contribution in [0.1, 0.15) is 28.7 Å². The number of nitrogens with two attached hydrogens (primary N) is 2. The molecule has 5 N–H and O–H groups in total. The van der Waals surface area contributed by atoms with E-state index in [1.54, 1.807) is 0 Å². The van der Waals surface area contributed by atoms with Gasteiger partial charge in [0.2, 0.25) is 5.91 Å². The number of amides is 1. The molecule has 30 heavy (non-hydrogen) atoms. The summed E-state index contributed by atoms with van der Waals surface area (Å²) in [4.78, 5) is 24.4. The molecular weight excluding hydrogens is 376 g/mol. The lowest BCUT2D eigenvalue weighted by molar-refractivity contribution is -0.139. The molecule has 5 nitrogen and oxygen atoms in total. The van der Waals surface area contributed by atoms with E-state index < -0.39 is 29.3 Å². The molecule has 3 aromatic rings. The standard InChI is InChI=1S/C25H26N2O3/c1-17-12-14-20(15-13-17)25(18-8-4-2-5-9-18,19-10-6-3-7-11-19)21(23(27)28)16-22(26)24(29)30/h2-15,21-22H,16,26H2,1H3,(H2,27,28)(H,29,30)/t21?,22-/m0/s1. The van der Waals surface area contributed by atoms with Crippen molar-refractivity contribution < 1.29 is 14.7 Å². The first-order chi connectivity index (χ1) is 14.4. The van der Waals surface area contributed by atoms with Gasteiger partial charge in [0.05, 0.1) is 11.3 Å². The van der Waals surface area contributed by atoms with E-state index in [1.165, 1.54) is 0 Å². The van der Waals surface area contributed by atoms with Gasteiger partial charge in [-0.25, -0.2) is 0 Å². The molecule has 0 aliphatic heterocycles. The van der Waals surface area contributed by atoms with Crippen LogP contribution in [0, 0.1) is 12.8 Å². The number of carbonyl (C=O) groups is 2. The predicted molar refractivity (Wildman–Crippen MR) is 117 cm³/mol. The van der Waals surface area contributed by atoms with Crippen molar-refractivity contribution in [2.45, 2.75) is 24.8 Å². The lowest BCUT2D eigenvalue weighted by atomic mass is 9.60. The van der Waals surface area contributed by atoms with Crippen molar-refractivity contribution in [2.75, 3.05) is 0 Å². The Morgan fingerprint density at radius 3 is 1.67 bits per heavy atom. The average molecular weight is 402 g/mol. The summed E-state index contributed by atoms with van der Waals surface area (Å²) >= 11 is 0. The summed E-state index contributed by atoms with van der Waals surface area (Å²) in [6, 6.07) is 25.8. The lowest BCUT2D eigenvalue weighted by Gasteiger charge is -2.42. The van der Waals surface area contributed by atoms with Crippen LogP contribution in [0.15, 0.2) is 84.9 Å². The largest absolute Gasteiger partial charge is 0.480 e. The summed E-state index contributed by atoms with van der Waals surface area (Å²) in [7, 11) is 0. The van der Waals surface area contributed by atoms with Crippen LogP contribution in [-0.2, 0) is 15.0 Å². The molecule has 0 bridgehead atoms. The number of carboxylic acids is 1. The minimum Gasteiger partial charge on any atom is -0.480 e. The van der Waals surface area contributed by atoms with Crippen LogP contribution in [0.25, 0.3) is 0 Å². The number of aryl methyl sites for hydroxylation is 1. The van der Waals surface area contributed by atoms with Gasteiger partial charge in [0, 0.05) is 0 Å². The van der Waals surface area contributed by atoms with E-state index in [1.807, 2.05) is 91.9 Å². The fraction of sp³-hybridized carbons (Fsp3) is 0.200. The van der Waals surface area contributed by atoms with Crippen molar-refractivity contribution in [3.8, 4) is 0 Å². The Morgan fingerprint density at radius 1 is 0.833 bits per heavy atom. The molecule has 0 heterocycles. The van der Waals surface area contributed by atoms with E-state index in [-0.39, 0.29) is 6.42 Å². The fourth-order valence-corrected chi connectivity index (χ4v) is 4.18. The quantitative estimate of drug-likeness (QED) is 0.503. The first-order valence-corrected chi connectivity index (χ1v) is 9.83. The first kappa shape index (κ1) is 21.3. The third-order valence-electron chi connectivity index (χ3n) is 5.64. The van der Waals surface area contributed by atoms with E-state index in [0.29, 0.717) is 0 Å². The number of hydrogen-bond acceptors (Lipinski definition) is 3. The summed E-state index contributed by atoms with van der Waals surface area (Å²) in [6.45, 7) is 1.99. The van der Waals surface area contributed by atoms with E-state index in [9.17, 15) is 14.7 Å². The molecule has 0 aliphatic rings. The Balaban J connectivity index is 2.39. The van der Waals surface area contributed by atoms with Crippen molar-refractivity contribution in [1.82, 2.24) is 0 Å². The van der Waals surface area contributed by atoms with E-state index >= 15 is 0 Å². The molecule has 0 saturated carbocycles. The number of rotatable bonds is 8. The number of carboxylic acid groups (broad SMARTS) is 1. The molecule has 0 aromatic heterocycles. The topological polar surface area (TPSA) is 106 Å². The summed E-state index contributed by atoms with van der Waals surface area (Å²) in [5.74, 6) is -2.64. The molecule has 3 aromatic carbocycles. The number of carbonyl (C=O) groups excluding carboxylic acids is 1. The van der Waals surface area contributed by atoms with Gasteiger partial charge < -0.3 is 16.6 Å². The minimum absolute atomic E-state index is 0.0949. The average Bonchev–Trinajstić information content (AvgIpc) is 2.75. The third-order valence-corrected chi connectivity index (χ3v) is 5.64. The number of primary amides is 1. The van der Waals surface area contributed by atoms with Crippen molar-refractivity contribution in [3.05, 3.63) is 107 Å². The van der Waals surface area contributed by atoms with Crippen LogP contribution < -0.4 is 11.5 Å². The Morgan fingerprint density at radius 2 is 1.27 bits per heavy atom. The molecule has 5 heteroatoms. The van der Waals surface area contributed by atoms with E-state index in [0.717, 1.165) is 22.3 Å². The maximum absolute atomic E-state index is 12.9. The zero-order valence-corrected chi connectivity index (χ0v) is 16.9. The van der Waals surface area contributed by atoms with Crippen LogP contribution >= 0.6 is 0 Å². The Kier molecular flexibility index (Phi) is 6.33. The highest BCUT2D eigenvalue weighted by molar-refractivity contribution is 5.83. The van der Waals surface area contributed by atoms with Crippen molar-refractivity contribution in [2.24, 2.45) is 17.4 Å². The van der Waals surface area contributed by atoms with Gasteiger partial charge in [0.25, 0.3) is 0 Å². The molecule has 0 aliphatic carbocycles. The highest BCUT2D eigenvalue weighted by Crippen LogP contribution is 2.47. The predicted octanol–water partition coefficient (Wildman–Crippen LogP) is 3.23. The SMILES string of the molecule is Cc1ccc(C(c2ccccc2)(c2ccccc2)C(C[C@H](N)C(=O)O)C(N)=O)cc1. The Bertz CT molecular complexity index is 962. The van der Waals surface area contributed by atoms with Gasteiger partial charge in [0.15, 0.2) is 0 Å². The molecule has 2 atom stereocenters. The maximum atomic E-state index is 12.9. The van der Waals surface area contributed by atoms with Gasteiger partial charge in [0.1, 0.15) is 6.04 Å². The summed E-state index contributed by atoms with van der Waals surface area (Å²) < 4.78 is 0. The molecular formula is C25H26N2O3. The smallest absolute Gasteiger partial charge is 0.320 e. The van der Waals surface area contributed by atoms with Crippen LogP contribution in [0.4, 0.5) is 0 Å². The van der Waals surface area contributed by atoms with Crippen molar-refractivity contribution in [1.29, 1.82) is 0 Å². The van der Waals surface area contributed by atoms with Crippen LogP contribution in [-0.4, -0.2) is 23.0 Å². The molecule has 154 valence electrons. The monoisotopic (exact) mass is 402 g/mol. The zero-order valence-electron chi connectivity index (χ0n) is 16.9. The second-order valence-corrected chi connectivity index (χ2v) is 7.54. The van der Waals surface area contributed by atoms with Gasteiger partial charge in [-0.3, -0.25) is 9.59 Å². The van der Waals surface area contributed by atoms with E-state index in [2.05, 4.69) is 0 Å². The number of aliphatic carboxylic acids is 1. The summed E-state index contributed by atoms with van der Waals surface area (Å²) in [6.07, 6.45) is -0.0949. The molecule has 1 unspecified atom stereocenters. The molecule has 0 radical (unpaired) electrons. The fourth-order valence-electron chi connectivity index (χ4n) is 4.18.